The summed E-state index contributed by atoms with van der Waals surface area (Å²) in [6, 6.07) is -1.15. The molecule has 11 heteroatoms. The molecule has 1 saturated heterocycles. The van der Waals surface area contributed by atoms with Gasteiger partial charge >= 0.3 is 18.2 Å². The number of carbonyl (C=O) groups excluding carboxylic acids is 5. The maximum absolute atomic E-state index is 12.4. The van der Waals surface area contributed by atoms with Crippen LogP contribution in [0, 0.1) is 0 Å². The lowest BCUT2D eigenvalue weighted by Crippen LogP contribution is -2.45. The Hall–Kier alpha value is -3.11. The van der Waals surface area contributed by atoms with E-state index in [2.05, 4.69) is 17.2 Å². The SMILES string of the molecule is C=CCOC(=O)N[C@@H](CCCCNC(=O)OC(C)(C)C)C(=O)ON1C(=O)CCC1=O. The fourth-order valence-corrected chi connectivity index (χ4v) is 2.36. The quantitative estimate of drug-likeness (QED) is 0.304. The number of unbranched alkanes of at least 4 members (excludes halogenated alkanes) is 1. The van der Waals surface area contributed by atoms with Gasteiger partial charge in [-0.2, -0.15) is 0 Å². The summed E-state index contributed by atoms with van der Waals surface area (Å²) in [6.07, 6.45) is 0.876. The van der Waals surface area contributed by atoms with Crippen molar-refractivity contribution < 1.29 is 38.3 Å². The van der Waals surface area contributed by atoms with Crippen molar-refractivity contribution in [3.05, 3.63) is 12.7 Å². The zero-order chi connectivity index (χ0) is 22.7. The van der Waals surface area contributed by atoms with Crippen LogP contribution in [-0.4, -0.2) is 59.8 Å². The van der Waals surface area contributed by atoms with Crippen LogP contribution in [0.5, 0.6) is 0 Å². The lowest BCUT2D eigenvalue weighted by Gasteiger charge is -2.20. The van der Waals surface area contributed by atoms with Crippen molar-refractivity contribution >= 4 is 30.0 Å². The zero-order valence-electron chi connectivity index (χ0n) is 17.5. The summed E-state index contributed by atoms with van der Waals surface area (Å²) in [6.45, 7) is 8.89. The molecular formula is C19H29N3O8. The van der Waals surface area contributed by atoms with Crippen LogP contribution in [0.1, 0.15) is 52.9 Å². The van der Waals surface area contributed by atoms with E-state index in [1.165, 1.54) is 6.08 Å². The molecule has 30 heavy (non-hydrogen) atoms. The van der Waals surface area contributed by atoms with Crippen molar-refractivity contribution in [3.63, 3.8) is 0 Å². The summed E-state index contributed by atoms with van der Waals surface area (Å²) < 4.78 is 9.91. The van der Waals surface area contributed by atoms with Crippen LogP contribution in [0.2, 0.25) is 0 Å². The first kappa shape index (κ1) is 24.9. The molecule has 0 saturated carbocycles. The van der Waals surface area contributed by atoms with Gasteiger partial charge in [0.1, 0.15) is 18.2 Å². The Labute approximate surface area is 175 Å². The molecule has 0 spiro atoms. The summed E-state index contributed by atoms with van der Waals surface area (Å²) in [5, 5.41) is 5.34. The molecule has 11 nitrogen and oxygen atoms in total. The molecule has 1 aliphatic heterocycles. The Morgan fingerprint density at radius 1 is 1.13 bits per heavy atom. The summed E-state index contributed by atoms with van der Waals surface area (Å²) in [4.78, 5) is 63.9. The van der Waals surface area contributed by atoms with E-state index >= 15 is 0 Å². The van der Waals surface area contributed by atoms with Gasteiger partial charge in [-0.05, 0) is 40.0 Å². The van der Waals surface area contributed by atoms with Crippen molar-refractivity contribution in [3.8, 4) is 0 Å². The maximum Gasteiger partial charge on any atom is 0.408 e. The van der Waals surface area contributed by atoms with Gasteiger partial charge in [0.15, 0.2) is 0 Å². The van der Waals surface area contributed by atoms with E-state index in [-0.39, 0.29) is 25.9 Å². The van der Waals surface area contributed by atoms with Gasteiger partial charge in [0, 0.05) is 19.4 Å². The number of imide groups is 1. The largest absolute Gasteiger partial charge is 0.445 e. The lowest BCUT2D eigenvalue weighted by molar-refractivity contribution is -0.199. The molecule has 0 aromatic carbocycles. The molecule has 0 aromatic rings. The van der Waals surface area contributed by atoms with Crippen LogP contribution in [0.15, 0.2) is 12.7 Å². The first-order valence-corrected chi connectivity index (χ1v) is 9.62. The van der Waals surface area contributed by atoms with Gasteiger partial charge in [0.05, 0.1) is 0 Å². The molecule has 1 fully saturated rings. The Morgan fingerprint density at radius 3 is 2.33 bits per heavy atom. The molecule has 0 aromatic heterocycles. The topological polar surface area (TPSA) is 140 Å². The first-order valence-electron chi connectivity index (χ1n) is 9.62. The number of nitrogens with zero attached hydrogens (tertiary/aromatic N) is 1. The van der Waals surface area contributed by atoms with Crippen molar-refractivity contribution in [2.75, 3.05) is 13.2 Å². The number of hydroxylamine groups is 2. The Balaban J connectivity index is 2.54. The number of hydrogen-bond acceptors (Lipinski definition) is 8. The summed E-state index contributed by atoms with van der Waals surface area (Å²) in [7, 11) is 0. The van der Waals surface area contributed by atoms with Crippen LogP contribution in [0.4, 0.5) is 9.59 Å². The predicted molar refractivity (Wildman–Crippen MR) is 104 cm³/mol. The van der Waals surface area contributed by atoms with E-state index in [0.717, 1.165) is 0 Å². The maximum atomic E-state index is 12.4. The standard InChI is InChI=1S/C19H29N3O8/c1-5-12-28-18(27)21-13(16(25)30-22-14(23)9-10-15(22)24)8-6-7-11-20-17(26)29-19(2,3)4/h5,13H,1,6-12H2,2-4H3,(H,20,26)(H,21,27)/t13-/m0/s1. The van der Waals surface area contributed by atoms with Gasteiger partial charge in [-0.1, -0.05) is 12.7 Å². The Bertz CT molecular complexity index is 655. The molecule has 168 valence electrons. The monoisotopic (exact) mass is 427 g/mol. The van der Waals surface area contributed by atoms with Crippen LogP contribution < -0.4 is 10.6 Å². The fourth-order valence-electron chi connectivity index (χ4n) is 2.36. The van der Waals surface area contributed by atoms with Gasteiger partial charge in [0.2, 0.25) is 0 Å². The minimum absolute atomic E-state index is 0.0398. The minimum atomic E-state index is -1.15. The smallest absolute Gasteiger partial charge is 0.408 e. The molecule has 1 heterocycles. The molecule has 1 rings (SSSR count). The van der Waals surface area contributed by atoms with Crippen LogP contribution >= 0.6 is 0 Å². The second-order valence-corrected chi connectivity index (χ2v) is 7.50. The molecule has 0 aliphatic carbocycles. The molecule has 0 bridgehead atoms. The molecular weight excluding hydrogens is 398 g/mol. The summed E-state index contributed by atoms with van der Waals surface area (Å²) >= 11 is 0. The van der Waals surface area contributed by atoms with Gasteiger partial charge in [-0.3, -0.25) is 9.59 Å². The van der Waals surface area contributed by atoms with E-state index in [1.54, 1.807) is 20.8 Å². The Morgan fingerprint density at radius 2 is 1.77 bits per heavy atom. The van der Waals surface area contributed by atoms with E-state index in [0.29, 0.717) is 24.4 Å². The van der Waals surface area contributed by atoms with E-state index in [9.17, 15) is 24.0 Å². The third-order valence-electron chi connectivity index (χ3n) is 3.68. The van der Waals surface area contributed by atoms with Crippen molar-refractivity contribution in [2.24, 2.45) is 0 Å². The van der Waals surface area contributed by atoms with Crippen molar-refractivity contribution in [2.45, 2.75) is 64.5 Å². The van der Waals surface area contributed by atoms with Gasteiger partial charge in [0.25, 0.3) is 11.8 Å². The second-order valence-electron chi connectivity index (χ2n) is 7.50. The third kappa shape index (κ3) is 9.39. The average molecular weight is 427 g/mol. The number of rotatable bonds is 10. The summed E-state index contributed by atoms with van der Waals surface area (Å²) in [5.41, 5.74) is -0.612. The molecule has 0 radical (unpaired) electrons. The first-order chi connectivity index (χ1) is 14.0. The zero-order valence-corrected chi connectivity index (χ0v) is 17.5. The van der Waals surface area contributed by atoms with E-state index in [1.807, 2.05) is 0 Å². The van der Waals surface area contributed by atoms with Gasteiger partial charge in [-0.15, -0.1) is 5.06 Å². The highest BCUT2D eigenvalue weighted by Crippen LogP contribution is 2.14. The van der Waals surface area contributed by atoms with Crippen LogP contribution in [0.3, 0.4) is 0 Å². The molecule has 1 atom stereocenters. The highest BCUT2D eigenvalue weighted by atomic mass is 16.7. The number of alkyl carbamates (subject to hydrolysis) is 2. The van der Waals surface area contributed by atoms with E-state index in [4.69, 9.17) is 14.3 Å². The Kier molecular flexibility index (Phi) is 9.79. The number of ether oxygens (including phenoxy) is 2. The minimum Gasteiger partial charge on any atom is -0.445 e. The van der Waals surface area contributed by atoms with Gasteiger partial charge < -0.3 is 24.9 Å². The highest BCUT2D eigenvalue weighted by Gasteiger charge is 2.35. The number of carbonyl (C=O) groups is 5. The van der Waals surface area contributed by atoms with Crippen molar-refractivity contribution in [1.82, 2.24) is 15.7 Å². The van der Waals surface area contributed by atoms with E-state index < -0.39 is 41.6 Å². The molecule has 4 amide bonds. The normalized spacial score (nSPS) is 14.7. The number of nitrogens with one attached hydrogen (secondary N) is 2. The summed E-state index contributed by atoms with van der Waals surface area (Å²) in [5.74, 6) is -2.21. The highest BCUT2D eigenvalue weighted by molar-refractivity contribution is 6.01. The molecule has 1 aliphatic rings. The predicted octanol–water partition coefficient (Wildman–Crippen LogP) is 1.57. The third-order valence-corrected chi connectivity index (χ3v) is 3.68. The van der Waals surface area contributed by atoms with Gasteiger partial charge in [-0.25, -0.2) is 14.4 Å². The van der Waals surface area contributed by atoms with Crippen LogP contribution in [0.25, 0.3) is 0 Å². The average Bonchev–Trinajstić information content (AvgIpc) is 2.95. The lowest BCUT2D eigenvalue weighted by atomic mass is 10.1. The number of amides is 4. The number of hydrogen-bond donors (Lipinski definition) is 2. The second kappa shape index (κ2) is 11.8. The van der Waals surface area contributed by atoms with Crippen molar-refractivity contribution in [1.29, 1.82) is 0 Å². The van der Waals surface area contributed by atoms with Crippen LogP contribution in [-0.2, 0) is 28.7 Å². The molecule has 0 unspecified atom stereocenters. The molecule has 2 N–H and O–H groups in total. The fraction of sp³-hybridized carbons (Fsp3) is 0.632.